The molecule has 0 saturated heterocycles. The molecule has 0 saturated carbocycles. The van der Waals surface area contributed by atoms with Gasteiger partial charge in [-0.05, 0) is 48.5 Å². The van der Waals surface area contributed by atoms with E-state index < -0.39 is 0 Å². The van der Waals surface area contributed by atoms with Crippen LogP contribution in [0.4, 0.5) is 13.9 Å². The Kier molecular flexibility index (Phi) is 5.48. The van der Waals surface area contributed by atoms with E-state index in [1.165, 1.54) is 52.6 Å². The fraction of sp³-hybridized carbons (Fsp3) is 0.150. The summed E-state index contributed by atoms with van der Waals surface area (Å²) in [6, 6.07) is 11.5. The van der Waals surface area contributed by atoms with Crippen LogP contribution in [0.3, 0.4) is 0 Å². The molecule has 0 aliphatic heterocycles. The average Bonchev–Trinajstić information content (AvgIpc) is 3.37. The largest absolute Gasteiger partial charge is 0.484 e. The lowest BCUT2D eigenvalue weighted by atomic mass is 10.3. The molecule has 0 aliphatic carbocycles. The zero-order chi connectivity index (χ0) is 20.2. The van der Waals surface area contributed by atoms with Crippen molar-refractivity contribution in [3.8, 4) is 5.75 Å². The monoisotopic (exact) mass is 414 g/mol. The van der Waals surface area contributed by atoms with Crippen LogP contribution in [0.5, 0.6) is 5.75 Å². The fourth-order valence-electron chi connectivity index (χ4n) is 2.72. The molecule has 29 heavy (non-hydrogen) atoms. The Balaban J connectivity index is 1.54. The van der Waals surface area contributed by atoms with Crippen LogP contribution in [0.2, 0.25) is 0 Å². The van der Waals surface area contributed by atoms with Crippen molar-refractivity contribution in [1.82, 2.24) is 14.8 Å². The maximum absolute atomic E-state index is 13.5. The molecule has 4 aromatic rings. The number of rotatable bonds is 7. The molecule has 6 nitrogen and oxygen atoms in total. The summed E-state index contributed by atoms with van der Waals surface area (Å²) in [6.45, 7) is 0.532. The molecular formula is C20H16F2N4O2S. The summed E-state index contributed by atoms with van der Waals surface area (Å²) in [5.74, 6) is -0.674. The van der Waals surface area contributed by atoms with Gasteiger partial charge in [0.05, 0.1) is 16.8 Å². The van der Waals surface area contributed by atoms with Gasteiger partial charge in [0.15, 0.2) is 11.7 Å². The lowest BCUT2D eigenvalue weighted by Crippen LogP contribution is -2.37. The number of carbonyl (C=O) groups is 1. The number of nitrogens with zero attached hydrogens (tertiary/aromatic N) is 4. The Morgan fingerprint density at radius 1 is 1.14 bits per heavy atom. The van der Waals surface area contributed by atoms with Gasteiger partial charge >= 0.3 is 0 Å². The number of amides is 1. The van der Waals surface area contributed by atoms with Gasteiger partial charge in [0.2, 0.25) is 0 Å². The van der Waals surface area contributed by atoms with E-state index in [0.29, 0.717) is 34.2 Å². The third kappa shape index (κ3) is 4.57. The van der Waals surface area contributed by atoms with Crippen molar-refractivity contribution in [2.24, 2.45) is 0 Å². The lowest BCUT2D eigenvalue weighted by molar-refractivity contribution is -0.120. The summed E-state index contributed by atoms with van der Waals surface area (Å²) in [7, 11) is 0. The van der Waals surface area contributed by atoms with Gasteiger partial charge < -0.3 is 4.74 Å². The molecule has 2 aromatic carbocycles. The molecule has 0 N–H and O–H groups in total. The lowest BCUT2D eigenvalue weighted by Gasteiger charge is -2.20. The minimum absolute atomic E-state index is 0.241. The van der Waals surface area contributed by atoms with E-state index in [-0.39, 0.29) is 24.1 Å². The number of fused-ring (bicyclic) bond motifs is 1. The third-order valence-electron chi connectivity index (χ3n) is 4.16. The van der Waals surface area contributed by atoms with E-state index in [2.05, 4.69) is 10.1 Å². The number of hydrogen-bond acceptors (Lipinski definition) is 5. The topological polar surface area (TPSA) is 60.2 Å². The molecule has 0 radical (unpaired) electrons. The molecule has 0 bridgehead atoms. The van der Waals surface area contributed by atoms with E-state index in [1.54, 1.807) is 29.2 Å². The number of carbonyl (C=O) groups excluding carboxylic acids is 1. The van der Waals surface area contributed by atoms with Gasteiger partial charge in [-0.2, -0.15) is 5.10 Å². The number of anilines is 1. The van der Waals surface area contributed by atoms with Crippen LogP contribution in [0, 0.1) is 11.6 Å². The highest BCUT2D eigenvalue weighted by Gasteiger charge is 2.21. The van der Waals surface area contributed by atoms with Gasteiger partial charge in [-0.15, -0.1) is 0 Å². The second-order valence-electron chi connectivity index (χ2n) is 6.17. The van der Waals surface area contributed by atoms with E-state index in [4.69, 9.17) is 4.74 Å². The maximum Gasteiger partial charge on any atom is 0.266 e. The summed E-state index contributed by atoms with van der Waals surface area (Å²) in [6.07, 6.45) is 3.45. The molecule has 4 rings (SSSR count). The number of hydrogen-bond donors (Lipinski definition) is 0. The Bertz CT molecular complexity index is 1110. The van der Waals surface area contributed by atoms with Crippen molar-refractivity contribution in [2.45, 2.75) is 6.54 Å². The van der Waals surface area contributed by atoms with Crippen LogP contribution in [-0.4, -0.2) is 33.8 Å². The van der Waals surface area contributed by atoms with Crippen LogP contribution >= 0.6 is 11.3 Å². The Hall–Kier alpha value is -3.33. The minimum atomic E-state index is -0.383. The van der Waals surface area contributed by atoms with E-state index in [1.807, 2.05) is 0 Å². The Morgan fingerprint density at radius 3 is 2.69 bits per heavy atom. The quantitative estimate of drug-likeness (QED) is 0.461. The van der Waals surface area contributed by atoms with Gasteiger partial charge in [0, 0.05) is 18.9 Å². The molecule has 2 heterocycles. The van der Waals surface area contributed by atoms with Crippen molar-refractivity contribution in [1.29, 1.82) is 0 Å². The number of ether oxygens (including phenoxy) is 1. The molecule has 9 heteroatoms. The van der Waals surface area contributed by atoms with Crippen LogP contribution in [0.1, 0.15) is 0 Å². The molecule has 2 aromatic heterocycles. The number of aromatic nitrogens is 3. The second kappa shape index (κ2) is 8.36. The van der Waals surface area contributed by atoms with Crippen LogP contribution in [-0.2, 0) is 11.3 Å². The number of thiazole rings is 1. The average molecular weight is 414 g/mol. The highest BCUT2D eigenvalue weighted by atomic mass is 32.1. The molecule has 148 valence electrons. The first kappa shape index (κ1) is 19.0. The van der Waals surface area contributed by atoms with Crippen molar-refractivity contribution in [2.75, 3.05) is 18.1 Å². The second-order valence-corrected chi connectivity index (χ2v) is 7.17. The first-order valence-corrected chi connectivity index (χ1v) is 9.62. The zero-order valence-electron chi connectivity index (χ0n) is 15.2. The van der Waals surface area contributed by atoms with Gasteiger partial charge in [-0.1, -0.05) is 11.3 Å². The van der Waals surface area contributed by atoms with Gasteiger partial charge in [0.25, 0.3) is 5.91 Å². The van der Waals surface area contributed by atoms with Gasteiger partial charge in [-0.25, -0.2) is 13.8 Å². The summed E-state index contributed by atoms with van der Waals surface area (Å²) in [5, 5.41) is 4.59. The van der Waals surface area contributed by atoms with Crippen molar-refractivity contribution in [3.63, 3.8) is 0 Å². The number of halogens is 2. The van der Waals surface area contributed by atoms with Crippen molar-refractivity contribution >= 4 is 32.6 Å². The summed E-state index contributed by atoms with van der Waals surface area (Å²) < 4.78 is 34.4. The summed E-state index contributed by atoms with van der Waals surface area (Å²) >= 11 is 1.23. The van der Waals surface area contributed by atoms with Gasteiger partial charge in [0.1, 0.15) is 17.4 Å². The zero-order valence-corrected chi connectivity index (χ0v) is 16.0. The maximum atomic E-state index is 13.5. The predicted molar refractivity (Wildman–Crippen MR) is 106 cm³/mol. The molecule has 0 atom stereocenters. The highest BCUT2D eigenvalue weighted by molar-refractivity contribution is 7.22. The van der Waals surface area contributed by atoms with Crippen LogP contribution in [0.25, 0.3) is 10.2 Å². The van der Waals surface area contributed by atoms with Crippen LogP contribution < -0.4 is 9.64 Å². The molecule has 0 spiro atoms. The van der Waals surface area contributed by atoms with Crippen molar-refractivity contribution in [3.05, 3.63) is 72.6 Å². The SMILES string of the molecule is O=C(COc1ccc(F)cc1)N(CCn1cccn1)c1nc2ccc(F)cc2s1. The Labute approximate surface area is 169 Å². The minimum Gasteiger partial charge on any atom is -0.484 e. The third-order valence-corrected chi connectivity index (χ3v) is 5.20. The summed E-state index contributed by atoms with van der Waals surface area (Å²) in [4.78, 5) is 18.8. The first-order valence-electron chi connectivity index (χ1n) is 8.81. The predicted octanol–water partition coefficient (Wildman–Crippen LogP) is 3.88. The van der Waals surface area contributed by atoms with Gasteiger partial charge in [-0.3, -0.25) is 14.4 Å². The Morgan fingerprint density at radius 2 is 1.93 bits per heavy atom. The van der Waals surface area contributed by atoms with Crippen LogP contribution in [0.15, 0.2) is 60.9 Å². The standard InChI is InChI=1S/C20H16F2N4O2S/c21-14-2-5-16(6-3-14)28-13-19(27)26(11-10-25-9-1-8-23-25)20-24-17-7-4-15(22)12-18(17)29-20/h1-9,12H,10-11,13H2. The number of benzene rings is 2. The first-order chi connectivity index (χ1) is 14.1. The smallest absolute Gasteiger partial charge is 0.266 e. The summed E-state index contributed by atoms with van der Waals surface area (Å²) in [5.41, 5.74) is 0.614. The molecule has 0 aliphatic rings. The van der Waals surface area contributed by atoms with E-state index in [9.17, 15) is 13.6 Å². The van der Waals surface area contributed by atoms with E-state index in [0.717, 1.165) is 0 Å². The molecular weight excluding hydrogens is 398 g/mol. The molecule has 0 fully saturated rings. The molecule has 1 amide bonds. The van der Waals surface area contributed by atoms with Crippen molar-refractivity contribution < 1.29 is 18.3 Å². The highest BCUT2D eigenvalue weighted by Crippen LogP contribution is 2.29. The van der Waals surface area contributed by atoms with E-state index >= 15 is 0 Å². The normalized spacial score (nSPS) is 11.0. The molecule has 0 unspecified atom stereocenters. The fourth-order valence-corrected chi connectivity index (χ4v) is 3.75.